The largest absolute Gasteiger partial charge is 0.507 e. The van der Waals surface area contributed by atoms with Crippen LogP contribution in [0.1, 0.15) is 49.9 Å². The zero-order chi connectivity index (χ0) is 23.4. The fourth-order valence-electron chi connectivity index (χ4n) is 6.23. The maximum Gasteiger partial charge on any atom is 0.128 e. The van der Waals surface area contributed by atoms with E-state index >= 15 is 0 Å². The lowest BCUT2D eigenvalue weighted by atomic mass is 9.82. The van der Waals surface area contributed by atoms with Gasteiger partial charge in [-0.2, -0.15) is 0 Å². The second-order valence-electron chi connectivity index (χ2n) is 10.6. The molecule has 0 spiro atoms. The van der Waals surface area contributed by atoms with Crippen LogP contribution >= 0.6 is 11.3 Å². The van der Waals surface area contributed by atoms with Crippen molar-refractivity contribution in [3.8, 4) is 38.6 Å². The van der Waals surface area contributed by atoms with E-state index in [-0.39, 0.29) is 10.8 Å². The van der Waals surface area contributed by atoms with Gasteiger partial charge in [0.15, 0.2) is 0 Å². The van der Waals surface area contributed by atoms with Gasteiger partial charge in [0.25, 0.3) is 0 Å². The van der Waals surface area contributed by atoms with Crippen molar-refractivity contribution in [2.24, 2.45) is 0 Å². The second kappa shape index (κ2) is 6.37. The molecular weight excluding hydrogens is 434 g/mol. The maximum absolute atomic E-state index is 11.1. The van der Waals surface area contributed by atoms with Crippen LogP contribution < -0.4 is 0 Å². The Bertz CT molecular complexity index is 1670. The summed E-state index contributed by atoms with van der Waals surface area (Å²) in [6.07, 6.45) is 0. The molecule has 0 bridgehead atoms. The van der Waals surface area contributed by atoms with Gasteiger partial charge in [-0.1, -0.05) is 82.3 Å². The van der Waals surface area contributed by atoms with Crippen LogP contribution in [0.5, 0.6) is 5.75 Å². The molecule has 0 saturated carbocycles. The summed E-state index contributed by atoms with van der Waals surface area (Å²) in [7, 11) is 0. The summed E-state index contributed by atoms with van der Waals surface area (Å²) in [5.74, 6) is 0.295. The highest BCUT2D eigenvalue weighted by Gasteiger charge is 2.39. The molecule has 34 heavy (non-hydrogen) atoms. The summed E-state index contributed by atoms with van der Waals surface area (Å²) < 4.78 is 1.16. The Hall–Kier alpha value is -3.43. The van der Waals surface area contributed by atoms with Crippen LogP contribution in [0.25, 0.3) is 43.0 Å². The van der Waals surface area contributed by atoms with Crippen LogP contribution in [0, 0.1) is 0 Å². The van der Waals surface area contributed by atoms with Crippen molar-refractivity contribution in [2.45, 2.75) is 38.5 Å². The molecule has 2 aliphatic rings. The molecule has 0 fully saturated rings. The summed E-state index contributed by atoms with van der Waals surface area (Å²) in [5, 5.41) is 12.0. The molecular formula is C31H25NOS. The number of phenolic OH excluding ortho intramolecular Hbond substituents is 1. The highest BCUT2D eigenvalue weighted by atomic mass is 32.1. The molecule has 2 aliphatic carbocycles. The molecule has 0 aliphatic heterocycles. The van der Waals surface area contributed by atoms with Crippen molar-refractivity contribution in [3.05, 3.63) is 95.1 Å². The van der Waals surface area contributed by atoms with Crippen molar-refractivity contribution in [1.82, 2.24) is 4.98 Å². The predicted molar refractivity (Wildman–Crippen MR) is 142 cm³/mol. The van der Waals surface area contributed by atoms with Gasteiger partial charge in [0, 0.05) is 16.4 Å². The summed E-state index contributed by atoms with van der Waals surface area (Å²) >= 11 is 1.68. The monoisotopic (exact) mass is 459 g/mol. The molecule has 1 aromatic heterocycles. The number of phenols is 1. The van der Waals surface area contributed by atoms with E-state index in [0.717, 1.165) is 26.4 Å². The molecule has 5 aromatic rings. The zero-order valence-electron chi connectivity index (χ0n) is 19.7. The second-order valence-corrected chi connectivity index (χ2v) is 11.6. The number of rotatable bonds is 1. The van der Waals surface area contributed by atoms with Crippen molar-refractivity contribution in [1.29, 1.82) is 0 Å². The first kappa shape index (κ1) is 20.0. The number of hydrogen-bond donors (Lipinski definition) is 1. The third kappa shape index (κ3) is 2.38. The Labute approximate surface area is 203 Å². The molecule has 0 saturated heterocycles. The minimum Gasteiger partial charge on any atom is -0.507 e. The molecule has 166 valence electrons. The number of aromatic hydroxyl groups is 1. The Balaban J connectivity index is 1.49. The van der Waals surface area contributed by atoms with E-state index in [9.17, 15) is 5.11 Å². The van der Waals surface area contributed by atoms with Gasteiger partial charge in [-0.25, -0.2) is 4.98 Å². The van der Waals surface area contributed by atoms with E-state index in [0.29, 0.717) is 5.75 Å². The van der Waals surface area contributed by atoms with Crippen molar-refractivity contribution >= 4 is 21.6 Å². The van der Waals surface area contributed by atoms with Crippen molar-refractivity contribution in [2.75, 3.05) is 0 Å². The van der Waals surface area contributed by atoms with E-state index < -0.39 is 0 Å². The number of aromatic nitrogens is 1. The summed E-state index contributed by atoms with van der Waals surface area (Å²) in [6.45, 7) is 9.14. The molecule has 4 aromatic carbocycles. The first-order chi connectivity index (χ1) is 16.3. The van der Waals surface area contributed by atoms with Crippen LogP contribution in [-0.4, -0.2) is 10.1 Å². The van der Waals surface area contributed by atoms with E-state index in [1.165, 1.54) is 38.9 Å². The van der Waals surface area contributed by atoms with Gasteiger partial charge in [0.2, 0.25) is 0 Å². The molecule has 0 atom stereocenters. The van der Waals surface area contributed by atoms with Crippen LogP contribution in [0.4, 0.5) is 0 Å². The Morgan fingerprint density at radius 1 is 0.647 bits per heavy atom. The van der Waals surface area contributed by atoms with Gasteiger partial charge in [-0.15, -0.1) is 11.3 Å². The topological polar surface area (TPSA) is 33.1 Å². The number of fused-ring (bicyclic) bond motifs is 7. The van der Waals surface area contributed by atoms with Crippen molar-refractivity contribution in [3.63, 3.8) is 0 Å². The first-order valence-corrected chi connectivity index (χ1v) is 12.6. The molecule has 3 heteroatoms. The third-order valence-corrected chi connectivity index (χ3v) is 9.07. The smallest absolute Gasteiger partial charge is 0.128 e. The SMILES string of the molecule is CC1(C)c2ccccc2-c2cc3nc(-c4c(O)ccc5c4-c4ccccc4C5(C)C)sc3cc21. The summed E-state index contributed by atoms with van der Waals surface area (Å²) in [6, 6.07) is 25.8. The van der Waals surface area contributed by atoms with Gasteiger partial charge in [-0.05, 0) is 57.1 Å². The van der Waals surface area contributed by atoms with Crippen LogP contribution in [-0.2, 0) is 10.8 Å². The van der Waals surface area contributed by atoms with Crippen LogP contribution in [0.2, 0.25) is 0 Å². The number of benzene rings is 4. The number of hydrogen-bond acceptors (Lipinski definition) is 3. The minimum atomic E-state index is -0.111. The predicted octanol–water partition coefficient (Wildman–Crippen LogP) is 8.28. The third-order valence-electron chi connectivity index (χ3n) is 8.03. The maximum atomic E-state index is 11.1. The van der Waals surface area contributed by atoms with Gasteiger partial charge < -0.3 is 5.11 Å². The standard InChI is InChI=1S/C31H25NOS/c1-30(2)21-12-8-6-10-18(21)27-22(30)13-14-25(33)28(27)29-32-24-15-19-17-9-5-7-11-20(17)31(3,4)23(19)16-26(24)34-29/h5-16,33H,1-4H3. The Morgan fingerprint density at radius 2 is 1.29 bits per heavy atom. The minimum absolute atomic E-state index is 0.0383. The first-order valence-electron chi connectivity index (χ1n) is 11.8. The normalized spacial score (nSPS) is 16.2. The molecule has 0 radical (unpaired) electrons. The summed E-state index contributed by atoms with van der Waals surface area (Å²) in [4.78, 5) is 5.10. The number of thiazole rings is 1. The highest BCUT2D eigenvalue weighted by molar-refractivity contribution is 7.21. The molecule has 7 rings (SSSR count). The van der Waals surface area contributed by atoms with E-state index in [1.54, 1.807) is 11.3 Å². The van der Waals surface area contributed by atoms with Crippen molar-refractivity contribution < 1.29 is 5.11 Å². The number of nitrogens with zero attached hydrogens (tertiary/aromatic N) is 1. The quantitative estimate of drug-likeness (QED) is 0.273. The van der Waals surface area contributed by atoms with E-state index in [4.69, 9.17) is 4.98 Å². The van der Waals surface area contributed by atoms with E-state index in [1.807, 2.05) is 6.07 Å². The van der Waals surface area contributed by atoms with E-state index in [2.05, 4.69) is 94.4 Å². The lowest BCUT2D eigenvalue weighted by Gasteiger charge is -2.21. The highest BCUT2D eigenvalue weighted by Crippen LogP contribution is 2.56. The zero-order valence-corrected chi connectivity index (χ0v) is 20.5. The Kier molecular flexibility index (Phi) is 3.74. The van der Waals surface area contributed by atoms with Gasteiger partial charge in [0.1, 0.15) is 10.8 Å². The fourth-order valence-corrected chi connectivity index (χ4v) is 7.28. The lowest BCUT2D eigenvalue weighted by molar-refractivity contribution is 0.477. The molecule has 0 amide bonds. The lowest BCUT2D eigenvalue weighted by Crippen LogP contribution is -2.14. The summed E-state index contributed by atoms with van der Waals surface area (Å²) in [5.41, 5.74) is 11.9. The molecule has 1 N–H and O–H groups in total. The molecule has 0 unspecified atom stereocenters. The van der Waals surface area contributed by atoms with Gasteiger partial charge in [0.05, 0.1) is 15.8 Å². The van der Waals surface area contributed by atoms with Crippen LogP contribution in [0.15, 0.2) is 72.8 Å². The Morgan fingerprint density at radius 3 is 2.06 bits per heavy atom. The fraction of sp³-hybridized carbons (Fsp3) is 0.194. The molecule has 2 nitrogen and oxygen atoms in total. The van der Waals surface area contributed by atoms with Crippen LogP contribution in [0.3, 0.4) is 0 Å². The van der Waals surface area contributed by atoms with Gasteiger partial charge in [-0.3, -0.25) is 0 Å². The van der Waals surface area contributed by atoms with Gasteiger partial charge >= 0.3 is 0 Å². The average molecular weight is 460 g/mol. The average Bonchev–Trinajstić information content (AvgIpc) is 3.41. The molecule has 1 heterocycles.